The van der Waals surface area contributed by atoms with Crippen LogP contribution in [0.5, 0.6) is 0 Å². The number of rotatable bonds is 8. The Balaban J connectivity index is 1.13. The second-order valence-electron chi connectivity index (χ2n) is 10.0. The predicted octanol–water partition coefficient (Wildman–Crippen LogP) is 2.94. The zero-order chi connectivity index (χ0) is 25.6. The Bertz CT molecular complexity index is 1470. The zero-order valence-corrected chi connectivity index (χ0v) is 20.8. The van der Waals surface area contributed by atoms with E-state index < -0.39 is 5.82 Å². The number of carbonyl (C=O) groups excluding carboxylic acids is 1. The third-order valence-corrected chi connectivity index (χ3v) is 7.21. The van der Waals surface area contributed by atoms with Gasteiger partial charge in [0, 0.05) is 51.7 Å². The lowest BCUT2D eigenvalue weighted by Crippen LogP contribution is -2.34. The van der Waals surface area contributed by atoms with Gasteiger partial charge in [-0.15, -0.1) is 0 Å². The van der Waals surface area contributed by atoms with Crippen molar-refractivity contribution in [3.63, 3.8) is 0 Å². The highest BCUT2D eigenvalue weighted by atomic mass is 19.1. The van der Waals surface area contributed by atoms with Gasteiger partial charge in [0.15, 0.2) is 11.5 Å². The van der Waals surface area contributed by atoms with Gasteiger partial charge < -0.3 is 20.9 Å². The average Bonchev–Trinajstić information content (AvgIpc) is 3.15. The average molecular weight is 505 g/mol. The minimum absolute atomic E-state index is 0.153. The molecule has 1 aliphatic heterocycles. The summed E-state index contributed by atoms with van der Waals surface area (Å²) in [6.07, 6.45) is 9.04. The Kier molecular flexibility index (Phi) is 5.75. The lowest BCUT2D eigenvalue weighted by molar-refractivity contribution is 0.0949. The van der Waals surface area contributed by atoms with Crippen molar-refractivity contribution in [2.45, 2.75) is 19.3 Å². The van der Waals surface area contributed by atoms with Gasteiger partial charge in [0.05, 0.1) is 23.0 Å². The van der Waals surface area contributed by atoms with E-state index in [-0.39, 0.29) is 11.6 Å². The van der Waals surface area contributed by atoms with Crippen molar-refractivity contribution in [3.8, 4) is 0 Å². The maximum atomic E-state index is 14.7. The molecule has 1 spiro atoms. The normalized spacial score (nSPS) is 16.4. The molecule has 4 heterocycles. The third kappa shape index (κ3) is 4.84. The van der Waals surface area contributed by atoms with E-state index in [1.165, 1.54) is 37.5 Å². The Labute approximate surface area is 213 Å². The number of fused-ring (bicyclic) bond motifs is 1. The first-order valence-electron chi connectivity index (χ1n) is 12.4. The number of aryl methyl sites for hydroxylation is 2. The van der Waals surface area contributed by atoms with Gasteiger partial charge >= 0.3 is 0 Å². The van der Waals surface area contributed by atoms with Crippen LogP contribution in [0.1, 0.15) is 29.6 Å². The van der Waals surface area contributed by atoms with E-state index in [9.17, 15) is 9.18 Å². The summed E-state index contributed by atoms with van der Waals surface area (Å²) < 4.78 is 17.9. The lowest BCUT2D eigenvalue weighted by atomic mass is 10.1. The first-order chi connectivity index (χ1) is 17.9. The van der Waals surface area contributed by atoms with Gasteiger partial charge in [-0.2, -0.15) is 15.2 Å². The number of amides is 1. The molecule has 192 valence electrons. The molecule has 6 rings (SSSR count). The molecule has 3 aromatic heterocycles. The summed E-state index contributed by atoms with van der Waals surface area (Å²) in [5.74, 6) is 0.0627. The molecule has 3 N–H and O–H groups in total. The second-order valence-corrected chi connectivity index (χ2v) is 10.0. The van der Waals surface area contributed by atoms with Crippen molar-refractivity contribution in [1.29, 1.82) is 0 Å². The SMILES string of the molecule is Cn1cc(Nc2ncc3c(Nc4cc(C(=O)NCCN5CCC6(CC6)C5)ccc4F)nn(C)c3n2)cn1. The molecule has 1 saturated carbocycles. The van der Waals surface area contributed by atoms with E-state index in [4.69, 9.17) is 0 Å². The molecule has 4 aromatic rings. The standard InChI is InChI=1S/C25H29FN10O/c1-34-14-17(12-29-34)30-24-28-13-18-21(33-35(2)22(18)32-24)31-20-11-16(3-4-19(20)26)23(37)27-8-10-36-9-7-25(15-36)5-6-25/h3-4,11-14H,5-10,15H2,1-2H3,(H,27,37)(H,31,33)(H,28,30,32). The number of nitrogens with zero attached hydrogens (tertiary/aromatic N) is 7. The molecule has 1 aliphatic carbocycles. The van der Waals surface area contributed by atoms with Gasteiger partial charge in [-0.05, 0) is 49.4 Å². The number of carbonyl (C=O) groups is 1. The molecule has 11 nitrogen and oxygen atoms in total. The molecule has 0 atom stereocenters. The van der Waals surface area contributed by atoms with Crippen molar-refractivity contribution in [1.82, 2.24) is 39.7 Å². The van der Waals surface area contributed by atoms with Crippen molar-refractivity contribution < 1.29 is 9.18 Å². The van der Waals surface area contributed by atoms with Crippen LogP contribution in [0.2, 0.25) is 0 Å². The van der Waals surface area contributed by atoms with E-state index >= 15 is 0 Å². The Hall–Kier alpha value is -4.06. The highest BCUT2D eigenvalue weighted by molar-refractivity contribution is 5.96. The van der Waals surface area contributed by atoms with Crippen LogP contribution in [0.25, 0.3) is 11.0 Å². The molecule has 0 bridgehead atoms. The van der Waals surface area contributed by atoms with Crippen LogP contribution >= 0.6 is 0 Å². The predicted molar refractivity (Wildman–Crippen MR) is 138 cm³/mol. The fourth-order valence-corrected chi connectivity index (χ4v) is 4.93. The van der Waals surface area contributed by atoms with Crippen LogP contribution in [-0.4, -0.2) is 66.5 Å². The molecule has 37 heavy (non-hydrogen) atoms. The van der Waals surface area contributed by atoms with E-state index in [0.717, 1.165) is 25.3 Å². The van der Waals surface area contributed by atoms with Gasteiger partial charge in [0.25, 0.3) is 5.91 Å². The maximum absolute atomic E-state index is 14.7. The fourth-order valence-electron chi connectivity index (χ4n) is 4.93. The van der Waals surface area contributed by atoms with E-state index in [2.05, 4.69) is 41.0 Å². The van der Waals surface area contributed by atoms with Crippen LogP contribution in [0, 0.1) is 11.2 Å². The Morgan fingerprint density at radius 3 is 2.78 bits per heavy atom. The summed E-state index contributed by atoms with van der Waals surface area (Å²) in [5.41, 5.74) is 2.42. The van der Waals surface area contributed by atoms with Crippen molar-refractivity contribution in [2.24, 2.45) is 19.5 Å². The number of halogens is 1. The molecule has 1 amide bonds. The lowest BCUT2D eigenvalue weighted by Gasteiger charge is -2.16. The van der Waals surface area contributed by atoms with E-state index in [1.54, 1.807) is 28.8 Å². The van der Waals surface area contributed by atoms with Gasteiger partial charge in [-0.3, -0.25) is 9.48 Å². The van der Waals surface area contributed by atoms with Crippen molar-refractivity contribution >= 4 is 40.1 Å². The zero-order valence-electron chi connectivity index (χ0n) is 20.8. The summed E-state index contributed by atoms with van der Waals surface area (Å²) in [4.78, 5) is 24.0. The fraction of sp³-hybridized carbons (Fsp3) is 0.400. The van der Waals surface area contributed by atoms with Crippen molar-refractivity contribution in [3.05, 3.63) is 48.2 Å². The topological polar surface area (TPSA) is 118 Å². The van der Waals surface area contributed by atoms with Gasteiger partial charge in [0.1, 0.15) is 5.82 Å². The summed E-state index contributed by atoms with van der Waals surface area (Å²) >= 11 is 0. The number of nitrogens with one attached hydrogen (secondary N) is 3. The minimum Gasteiger partial charge on any atom is -0.351 e. The van der Waals surface area contributed by atoms with Gasteiger partial charge in [-0.1, -0.05) is 0 Å². The van der Waals surface area contributed by atoms with Crippen LogP contribution < -0.4 is 16.0 Å². The largest absolute Gasteiger partial charge is 0.351 e. The van der Waals surface area contributed by atoms with Gasteiger partial charge in [0.2, 0.25) is 5.95 Å². The van der Waals surface area contributed by atoms with Gasteiger partial charge in [-0.25, -0.2) is 14.1 Å². The van der Waals surface area contributed by atoms with Crippen LogP contribution in [0.4, 0.5) is 27.5 Å². The molecule has 2 fully saturated rings. The van der Waals surface area contributed by atoms with Crippen LogP contribution in [0.15, 0.2) is 36.8 Å². The third-order valence-electron chi connectivity index (χ3n) is 7.21. The smallest absolute Gasteiger partial charge is 0.251 e. The second kappa shape index (κ2) is 9.11. The molecular formula is C25H29FN10O. The Morgan fingerprint density at radius 2 is 2.03 bits per heavy atom. The monoisotopic (exact) mass is 504 g/mol. The number of aromatic nitrogens is 6. The summed E-state index contributed by atoms with van der Waals surface area (Å²) in [6.45, 7) is 3.63. The van der Waals surface area contributed by atoms with Crippen LogP contribution in [-0.2, 0) is 14.1 Å². The minimum atomic E-state index is -0.488. The van der Waals surface area contributed by atoms with E-state index in [1.807, 2.05) is 13.2 Å². The van der Waals surface area contributed by atoms with Crippen molar-refractivity contribution in [2.75, 3.05) is 36.8 Å². The summed E-state index contributed by atoms with van der Waals surface area (Å²) in [6, 6.07) is 4.27. The molecule has 0 radical (unpaired) electrons. The molecule has 1 aromatic carbocycles. The summed E-state index contributed by atoms with van der Waals surface area (Å²) in [7, 11) is 3.57. The molecule has 12 heteroatoms. The Morgan fingerprint density at radius 1 is 1.16 bits per heavy atom. The maximum Gasteiger partial charge on any atom is 0.251 e. The van der Waals surface area contributed by atoms with E-state index in [0.29, 0.717) is 40.3 Å². The summed E-state index contributed by atoms with van der Waals surface area (Å²) in [5, 5.41) is 18.3. The number of anilines is 4. The quantitative estimate of drug-likeness (QED) is 0.335. The highest BCUT2D eigenvalue weighted by Crippen LogP contribution is 2.52. The first-order valence-corrected chi connectivity index (χ1v) is 12.4. The molecule has 0 unspecified atom stereocenters. The number of hydrogen-bond acceptors (Lipinski definition) is 8. The molecule has 1 saturated heterocycles. The number of likely N-dealkylation sites (tertiary alicyclic amines) is 1. The molecular weight excluding hydrogens is 475 g/mol. The highest BCUT2D eigenvalue weighted by Gasteiger charge is 2.47. The number of benzene rings is 1. The number of hydrogen-bond donors (Lipinski definition) is 3. The van der Waals surface area contributed by atoms with Crippen LogP contribution in [0.3, 0.4) is 0 Å². The first kappa shape index (κ1) is 23.3. The molecule has 2 aliphatic rings.